The van der Waals surface area contributed by atoms with E-state index in [0.717, 1.165) is 22.2 Å². The number of benzene rings is 2. The highest BCUT2D eigenvalue weighted by atomic mass is 79.9. The van der Waals surface area contributed by atoms with Gasteiger partial charge in [-0.2, -0.15) is 0 Å². The average Bonchev–Trinajstić information content (AvgIpc) is 3.21. The summed E-state index contributed by atoms with van der Waals surface area (Å²) in [7, 11) is 2.87. The zero-order valence-electron chi connectivity index (χ0n) is 21.9. The molecule has 0 saturated carbocycles. The number of halogens is 1. The largest absolute Gasteiger partial charge is 0.493 e. The van der Waals surface area contributed by atoms with Gasteiger partial charge in [-0.15, -0.1) is 0 Å². The lowest BCUT2D eigenvalue weighted by Crippen LogP contribution is -2.40. The normalized spacial score (nSPS) is 15.1. The highest BCUT2D eigenvalue weighted by molar-refractivity contribution is 9.10. The maximum absolute atomic E-state index is 13.9. The molecule has 0 aliphatic carbocycles. The van der Waals surface area contributed by atoms with Crippen LogP contribution in [0.5, 0.6) is 17.2 Å². The van der Waals surface area contributed by atoms with Crippen molar-refractivity contribution in [1.29, 1.82) is 0 Å². The van der Waals surface area contributed by atoms with Crippen molar-refractivity contribution in [2.24, 2.45) is 4.99 Å². The Morgan fingerprint density at radius 3 is 2.61 bits per heavy atom. The van der Waals surface area contributed by atoms with Crippen molar-refractivity contribution < 1.29 is 23.7 Å². The highest BCUT2D eigenvalue weighted by Crippen LogP contribution is 2.40. The second kappa shape index (κ2) is 12.0. The van der Waals surface area contributed by atoms with E-state index in [9.17, 15) is 9.59 Å². The third-order valence-electron chi connectivity index (χ3n) is 5.95. The number of ether oxygens (including phenoxy) is 4. The summed E-state index contributed by atoms with van der Waals surface area (Å²) in [5, 5.41) is 0. The lowest BCUT2D eigenvalue weighted by Gasteiger charge is -2.26. The van der Waals surface area contributed by atoms with Gasteiger partial charge in [0, 0.05) is 5.56 Å². The SMILES string of the molecule is CCCOc1c(OC)cccc1[C@@H]1C(C(=O)OC)=C(C)N=c2sc(=Cc3ccc(OCC)c(Br)c3)c(=O)n21. The van der Waals surface area contributed by atoms with E-state index in [2.05, 4.69) is 20.9 Å². The molecule has 0 unspecified atom stereocenters. The summed E-state index contributed by atoms with van der Waals surface area (Å²) < 4.78 is 25.2. The van der Waals surface area contributed by atoms with Crippen LogP contribution in [0.4, 0.5) is 0 Å². The van der Waals surface area contributed by atoms with E-state index in [1.54, 1.807) is 26.2 Å². The number of fused-ring (bicyclic) bond motifs is 1. The monoisotopic (exact) mass is 600 g/mol. The Bertz CT molecular complexity index is 1570. The number of carbonyl (C=O) groups excluding carboxylic acids is 1. The van der Waals surface area contributed by atoms with E-state index in [4.69, 9.17) is 18.9 Å². The van der Waals surface area contributed by atoms with Gasteiger partial charge in [-0.1, -0.05) is 36.5 Å². The summed E-state index contributed by atoms with van der Waals surface area (Å²) in [6.45, 7) is 6.65. The van der Waals surface area contributed by atoms with Crippen LogP contribution in [0.1, 0.15) is 44.4 Å². The molecule has 0 amide bonds. The number of esters is 1. The quantitative estimate of drug-likeness (QED) is 0.339. The van der Waals surface area contributed by atoms with Gasteiger partial charge in [0.15, 0.2) is 16.3 Å². The van der Waals surface area contributed by atoms with Gasteiger partial charge >= 0.3 is 5.97 Å². The Balaban J connectivity index is 1.96. The van der Waals surface area contributed by atoms with Crippen LogP contribution in [0.25, 0.3) is 6.08 Å². The first-order chi connectivity index (χ1) is 18.3. The van der Waals surface area contributed by atoms with Crippen LogP contribution >= 0.6 is 27.3 Å². The summed E-state index contributed by atoms with van der Waals surface area (Å²) in [5.41, 5.74) is 1.90. The molecule has 1 aromatic heterocycles. The molecule has 0 spiro atoms. The molecule has 10 heteroatoms. The maximum atomic E-state index is 13.9. The maximum Gasteiger partial charge on any atom is 0.338 e. The zero-order valence-corrected chi connectivity index (χ0v) is 24.3. The Labute approximate surface area is 233 Å². The van der Waals surface area contributed by atoms with Crippen molar-refractivity contribution in [3.05, 3.63) is 83.0 Å². The fourth-order valence-corrected chi connectivity index (χ4v) is 5.84. The van der Waals surface area contributed by atoms with E-state index in [0.29, 0.717) is 45.3 Å². The van der Waals surface area contributed by atoms with E-state index < -0.39 is 12.0 Å². The number of nitrogens with zero attached hydrogens (tertiary/aromatic N) is 2. The van der Waals surface area contributed by atoms with Gasteiger partial charge in [-0.25, -0.2) is 9.79 Å². The molecule has 1 aliphatic heterocycles. The van der Waals surface area contributed by atoms with Gasteiger partial charge in [-0.05, 0) is 66.0 Å². The topological polar surface area (TPSA) is 88.4 Å². The smallest absolute Gasteiger partial charge is 0.338 e. The average molecular weight is 602 g/mol. The molecule has 0 fully saturated rings. The minimum atomic E-state index is -0.810. The number of rotatable bonds is 9. The lowest BCUT2D eigenvalue weighted by atomic mass is 9.94. The summed E-state index contributed by atoms with van der Waals surface area (Å²) >= 11 is 4.79. The van der Waals surface area contributed by atoms with Crippen molar-refractivity contribution in [2.45, 2.75) is 33.2 Å². The van der Waals surface area contributed by atoms with E-state index in [1.807, 2.05) is 44.2 Å². The third-order valence-corrected chi connectivity index (χ3v) is 7.56. The van der Waals surface area contributed by atoms with Crippen LogP contribution in [0, 0.1) is 0 Å². The number of allylic oxidation sites excluding steroid dienone is 1. The molecule has 4 rings (SSSR count). The van der Waals surface area contributed by atoms with Gasteiger partial charge in [-0.3, -0.25) is 9.36 Å². The molecule has 1 aliphatic rings. The van der Waals surface area contributed by atoms with E-state index in [1.165, 1.54) is 23.0 Å². The van der Waals surface area contributed by atoms with Crippen molar-refractivity contribution in [1.82, 2.24) is 4.57 Å². The fourth-order valence-electron chi connectivity index (χ4n) is 4.29. The molecule has 0 N–H and O–H groups in total. The van der Waals surface area contributed by atoms with Crippen molar-refractivity contribution in [3.8, 4) is 17.2 Å². The number of hydrogen-bond donors (Lipinski definition) is 0. The van der Waals surface area contributed by atoms with Gasteiger partial charge < -0.3 is 18.9 Å². The molecule has 0 radical (unpaired) electrons. The molecule has 0 saturated heterocycles. The minimum Gasteiger partial charge on any atom is -0.493 e. The van der Waals surface area contributed by atoms with Crippen molar-refractivity contribution in [3.63, 3.8) is 0 Å². The van der Waals surface area contributed by atoms with Gasteiger partial charge in [0.1, 0.15) is 11.8 Å². The molecular formula is C28H29BrN2O6S. The molecule has 8 nitrogen and oxygen atoms in total. The van der Waals surface area contributed by atoms with Crippen LogP contribution < -0.4 is 29.1 Å². The Hall–Kier alpha value is -3.37. The number of methoxy groups -OCH3 is 2. The molecule has 1 atom stereocenters. The number of para-hydroxylation sites is 1. The predicted octanol–water partition coefficient (Wildman–Crippen LogP) is 4.37. The molecule has 2 aromatic carbocycles. The summed E-state index contributed by atoms with van der Waals surface area (Å²) in [4.78, 5) is 32.0. The minimum absolute atomic E-state index is 0.268. The second-order valence-electron chi connectivity index (χ2n) is 8.42. The molecule has 38 heavy (non-hydrogen) atoms. The van der Waals surface area contributed by atoms with Crippen molar-refractivity contribution >= 4 is 39.3 Å². The van der Waals surface area contributed by atoms with Crippen LogP contribution in [0.15, 0.2) is 61.9 Å². The predicted molar refractivity (Wildman–Crippen MR) is 150 cm³/mol. The number of carbonyl (C=O) groups is 1. The first kappa shape index (κ1) is 27.7. The van der Waals surface area contributed by atoms with Crippen LogP contribution in [-0.4, -0.2) is 38.0 Å². The molecule has 200 valence electrons. The van der Waals surface area contributed by atoms with Crippen LogP contribution in [0.2, 0.25) is 0 Å². The molecule has 2 heterocycles. The lowest BCUT2D eigenvalue weighted by molar-refractivity contribution is -0.136. The highest BCUT2D eigenvalue weighted by Gasteiger charge is 2.35. The fraction of sp³-hybridized carbons (Fsp3) is 0.321. The van der Waals surface area contributed by atoms with Gasteiger partial charge in [0.25, 0.3) is 5.56 Å². The number of aromatic nitrogens is 1. The summed E-state index contributed by atoms with van der Waals surface area (Å²) in [6, 6.07) is 10.3. The van der Waals surface area contributed by atoms with E-state index >= 15 is 0 Å². The van der Waals surface area contributed by atoms with Crippen LogP contribution in [-0.2, 0) is 9.53 Å². The first-order valence-corrected chi connectivity index (χ1v) is 13.8. The Morgan fingerprint density at radius 1 is 1.16 bits per heavy atom. The molecule has 3 aromatic rings. The molecular weight excluding hydrogens is 572 g/mol. The zero-order chi connectivity index (χ0) is 27.4. The Kier molecular flexibility index (Phi) is 8.73. The van der Waals surface area contributed by atoms with Crippen LogP contribution in [0.3, 0.4) is 0 Å². The number of thiazole rings is 1. The summed E-state index contributed by atoms with van der Waals surface area (Å²) in [5.74, 6) is 1.14. The van der Waals surface area contributed by atoms with Crippen molar-refractivity contribution in [2.75, 3.05) is 27.4 Å². The Morgan fingerprint density at radius 2 is 1.95 bits per heavy atom. The van der Waals surface area contributed by atoms with E-state index in [-0.39, 0.29) is 11.1 Å². The standard InChI is InChI=1S/C28H29BrN2O6S/c1-6-13-37-25-18(9-8-10-21(25)34-4)24-23(27(33)35-5)16(3)30-28-31(24)26(32)22(38-28)15-17-11-12-20(36-7-2)19(29)14-17/h8-12,14-15,24H,6-7,13H2,1-5H3/t24-/m1/s1. The molecule has 0 bridgehead atoms. The van der Waals surface area contributed by atoms with Gasteiger partial charge in [0.05, 0.1) is 47.7 Å². The van der Waals surface area contributed by atoms with Gasteiger partial charge in [0.2, 0.25) is 0 Å². The second-order valence-corrected chi connectivity index (χ2v) is 10.3. The summed E-state index contributed by atoms with van der Waals surface area (Å²) in [6.07, 6.45) is 2.58. The third kappa shape index (κ3) is 5.28. The first-order valence-electron chi connectivity index (χ1n) is 12.2. The number of hydrogen-bond acceptors (Lipinski definition) is 8.